The Labute approximate surface area is 168 Å². The van der Waals surface area contributed by atoms with E-state index in [-0.39, 0.29) is 5.91 Å². The van der Waals surface area contributed by atoms with Gasteiger partial charge in [0.1, 0.15) is 5.39 Å². The molecule has 0 radical (unpaired) electrons. The van der Waals surface area contributed by atoms with Crippen LogP contribution in [0.4, 0.5) is 0 Å². The minimum absolute atomic E-state index is 0.119. The topological polar surface area (TPSA) is 75.3 Å². The molecule has 0 unspecified atom stereocenters. The van der Waals surface area contributed by atoms with Gasteiger partial charge in [0.25, 0.3) is 0 Å². The predicted octanol–water partition coefficient (Wildman–Crippen LogP) is 2.00. The maximum Gasteiger partial charge on any atom is 0.422 e. The monoisotopic (exact) mass is 396 g/mol. The van der Waals surface area contributed by atoms with E-state index in [1.165, 1.54) is 0 Å². The number of amides is 1. The van der Waals surface area contributed by atoms with Gasteiger partial charge in [0.05, 0.1) is 40.8 Å². The molecule has 0 aliphatic carbocycles. The van der Waals surface area contributed by atoms with Crippen LogP contribution in [0.1, 0.15) is 24.1 Å². The lowest BCUT2D eigenvalue weighted by Gasteiger charge is -2.26. The second-order valence-electron chi connectivity index (χ2n) is 7.38. The molecule has 1 aliphatic rings. The van der Waals surface area contributed by atoms with E-state index in [9.17, 15) is 9.70 Å². The molecule has 1 saturated heterocycles. The molecular weight excluding hydrogens is 370 g/mol. The standard InChI is InChI=1S/C21H26N5O3/c1-16-15-24(10-6-9-19(27)23-11-13-29-14-12-23)26(28)21-20(16)17(2)25(22-21)18-7-4-3-5-8-18/h3-5,7-8,15H,6,9-14H2,1-2H3/q+1. The van der Waals surface area contributed by atoms with Crippen molar-refractivity contribution in [1.82, 2.24) is 19.4 Å². The average Bonchev–Trinajstić information content (AvgIpc) is 3.11. The van der Waals surface area contributed by atoms with E-state index in [4.69, 9.17) is 4.74 Å². The lowest BCUT2D eigenvalue weighted by Crippen LogP contribution is -2.40. The molecule has 3 aromatic rings. The van der Waals surface area contributed by atoms with Crippen LogP contribution in [0, 0.1) is 18.8 Å². The largest absolute Gasteiger partial charge is 0.422 e. The van der Waals surface area contributed by atoms with E-state index in [0.717, 1.165) is 26.9 Å². The molecule has 0 N–H and O–H groups in total. The molecule has 4 rings (SSSR count). The van der Waals surface area contributed by atoms with Crippen LogP contribution < -0.4 is 4.54 Å². The zero-order valence-corrected chi connectivity index (χ0v) is 16.9. The molecule has 29 heavy (non-hydrogen) atoms. The van der Waals surface area contributed by atoms with Crippen LogP contribution in [0.5, 0.6) is 0 Å². The first kappa shape index (κ1) is 19.3. The highest BCUT2D eigenvalue weighted by molar-refractivity contribution is 5.79. The van der Waals surface area contributed by atoms with E-state index in [1.807, 2.05) is 55.3 Å². The van der Waals surface area contributed by atoms with Crippen LogP contribution in [-0.4, -0.2) is 51.6 Å². The first-order valence-electron chi connectivity index (χ1n) is 9.99. The summed E-state index contributed by atoms with van der Waals surface area (Å²) in [6, 6.07) is 9.78. The van der Waals surface area contributed by atoms with Gasteiger partial charge < -0.3 is 9.64 Å². The van der Waals surface area contributed by atoms with Gasteiger partial charge in [-0.1, -0.05) is 18.2 Å². The fourth-order valence-electron chi connectivity index (χ4n) is 3.88. The number of carbonyl (C=O) groups is 1. The molecule has 1 fully saturated rings. The molecule has 0 saturated carbocycles. The summed E-state index contributed by atoms with van der Waals surface area (Å²) in [4.78, 5) is 27.1. The summed E-state index contributed by atoms with van der Waals surface area (Å²) in [5, 5.41) is 5.44. The highest BCUT2D eigenvalue weighted by atomic mass is 16.5. The van der Waals surface area contributed by atoms with E-state index in [2.05, 4.69) is 5.10 Å². The van der Waals surface area contributed by atoms with Crippen molar-refractivity contribution in [2.75, 3.05) is 26.3 Å². The molecule has 152 valence electrons. The normalized spacial score (nSPS) is 14.5. The minimum atomic E-state index is 0.119. The predicted molar refractivity (Wildman–Crippen MR) is 109 cm³/mol. The second kappa shape index (κ2) is 8.16. The van der Waals surface area contributed by atoms with Crippen LogP contribution >= 0.6 is 0 Å². The third-order valence-electron chi connectivity index (χ3n) is 5.39. The van der Waals surface area contributed by atoms with Crippen LogP contribution in [0.2, 0.25) is 0 Å². The highest BCUT2D eigenvalue weighted by Crippen LogP contribution is 2.21. The zero-order valence-electron chi connectivity index (χ0n) is 16.9. The molecule has 0 bridgehead atoms. The molecule has 1 aliphatic heterocycles. The number of ether oxygens (including phenoxy) is 1. The Morgan fingerprint density at radius 2 is 1.90 bits per heavy atom. The van der Waals surface area contributed by atoms with Gasteiger partial charge in [-0.05, 0) is 42.9 Å². The van der Waals surface area contributed by atoms with Crippen molar-refractivity contribution >= 4 is 16.9 Å². The Kier molecular flexibility index (Phi) is 5.44. The number of morpholine rings is 1. The van der Waals surface area contributed by atoms with Gasteiger partial charge in [-0.15, -0.1) is 4.68 Å². The number of hydrogen-bond donors (Lipinski definition) is 0. The Morgan fingerprint density at radius 3 is 2.62 bits per heavy atom. The number of rotatable bonds is 5. The fourth-order valence-corrected chi connectivity index (χ4v) is 3.88. The molecule has 1 amide bonds. The average molecular weight is 396 g/mol. The van der Waals surface area contributed by atoms with Crippen LogP contribution in [-0.2, 0) is 16.1 Å². The van der Waals surface area contributed by atoms with Crippen molar-refractivity contribution in [2.24, 2.45) is 0 Å². The molecule has 1 aromatic carbocycles. The molecule has 8 heteroatoms. The summed E-state index contributed by atoms with van der Waals surface area (Å²) >= 11 is 0. The summed E-state index contributed by atoms with van der Waals surface area (Å²) < 4.78 is 9.53. The Bertz CT molecular complexity index is 1080. The first-order chi connectivity index (χ1) is 14.1. The van der Waals surface area contributed by atoms with Crippen LogP contribution in [0.3, 0.4) is 0 Å². The summed E-state index contributed by atoms with van der Waals surface area (Å²) in [5.74, 6) is 0.119. The van der Waals surface area contributed by atoms with Crippen LogP contribution in [0.25, 0.3) is 16.7 Å². The molecule has 3 heterocycles. The van der Waals surface area contributed by atoms with Crippen molar-refractivity contribution < 1.29 is 14.1 Å². The number of hydrogen-bond acceptors (Lipinski definition) is 4. The van der Waals surface area contributed by atoms with Gasteiger partial charge in [0.2, 0.25) is 5.91 Å². The van der Waals surface area contributed by atoms with Gasteiger partial charge in [-0.2, -0.15) is 4.68 Å². The molecule has 2 aromatic heterocycles. The van der Waals surface area contributed by atoms with Crippen LogP contribution in [0.15, 0.2) is 36.5 Å². The molecule has 0 atom stereocenters. The third-order valence-corrected chi connectivity index (χ3v) is 5.39. The van der Waals surface area contributed by atoms with Crippen molar-refractivity contribution in [3.8, 4) is 5.69 Å². The summed E-state index contributed by atoms with van der Waals surface area (Å²) in [6.07, 6.45) is 2.87. The second-order valence-corrected chi connectivity index (χ2v) is 7.38. The number of nitrogens with zero attached hydrogens (tertiary/aromatic N) is 5. The van der Waals surface area contributed by atoms with Gasteiger partial charge in [0.15, 0.2) is 0 Å². The van der Waals surface area contributed by atoms with E-state index in [0.29, 0.717) is 51.3 Å². The summed E-state index contributed by atoms with van der Waals surface area (Å²) in [5.41, 5.74) is 3.24. The smallest absolute Gasteiger partial charge is 0.378 e. The maximum absolute atomic E-state index is 12.9. The van der Waals surface area contributed by atoms with Gasteiger partial charge in [0, 0.05) is 25.7 Å². The quantitative estimate of drug-likeness (QED) is 0.618. The van der Waals surface area contributed by atoms with Gasteiger partial charge >= 0.3 is 5.65 Å². The SMILES string of the molecule is Cc1cn(CCCC(=O)N2CCOCC2)[n+](=O)c2nn(-c3ccccc3)c(C)c12. The molecule has 8 nitrogen and oxygen atoms in total. The third kappa shape index (κ3) is 3.80. The van der Waals surface area contributed by atoms with E-state index >= 15 is 0 Å². The lowest BCUT2D eigenvalue weighted by atomic mass is 10.2. The Balaban J connectivity index is 1.55. The lowest BCUT2D eigenvalue weighted by molar-refractivity contribution is -0.574. The van der Waals surface area contributed by atoms with E-state index in [1.54, 1.807) is 9.36 Å². The number of fused-ring (bicyclic) bond motifs is 1. The number of aromatic nitrogens is 4. The van der Waals surface area contributed by atoms with E-state index < -0.39 is 0 Å². The summed E-state index contributed by atoms with van der Waals surface area (Å²) in [7, 11) is 0. The van der Waals surface area contributed by atoms with Gasteiger partial charge in [-0.3, -0.25) is 4.79 Å². The van der Waals surface area contributed by atoms with Crippen molar-refractivity contribution in [2.45, 2.75) is 33.2 Å². The maximum atomic E-state index is 12.9. The number of aryl methyl sites for hydroxylation is 3. The minimum Gasteiger partial charge on any atom is -0.378 e. The molecule has 0 spiro atoms. The van der Waals surface area contributed by atoms with Crippen molar-refractivity contribution in [3.63, 3.8) is 0 Å². The van der Waals surface area contributed by atoms with Gasteiger partial charge in [-0.25, -0.2) is 0 Å². The molecular formula is C21H26N5O3+. The fraction of sp³-hybridized carbons (Fsp3) is 0.429. The number of carbonyl (C=O) groups excluding carboxylic acids is 1. The first-order valence-corrected chi connectivity index (χ1v) is 9.99. The Hall–Kier alpha value is -3.00. The highest BCUT2D eigenvalue weighted by Gasteiger charge is 2.24. The number of benzene rings is 1. The zero-order chi connectivity index (χ0) is 20.4. The Morgan fingerprint density at radius 1 is 1.17 bits per heavy atom. The van der Waals surface area contributed by atoms with Crippen molar-refractivity contribution in [3.05, 3.63) is 52.7 Å². The summed E-state index contributed by atoms with van der Waals surface area (Å²) in [6.45, 7) is 6.92. The number of para-hydroxylation sites is 1. The van der Waals surface area contributed by atoms with Crippen molar-refractivity contribution in [1.29, 1.82) is 0 Å².